The number of carbonyl (C=O) groups excluding carboxylic acids is 4. The molecule has 0 unspecified atom stereocenters. The van der Waals surface area contributed by atoms with E-state index in [2.05, 4.69) is 15.4 Å². The van der Waals surface area contributed by atoms with E-state index in [1.54, 1.807) is 74.4 Å². The van der Waals surface area contributed by atoms with Crippen LogP contribution < -0.4 is 5.32 Å². The van der Waals surface area contributed by atoms with Crippen molar-refractivity contribution >= 4 is 35.3 Å². The van der Waals surface area contributed by atoms with Crippen molar-refractivity contribution in [2.24, 2.45) is 17.8 Å². The second-order valence-corrected chi connectivity index (χ2v) is 11.3. The Labute approximate surface area is 239 Å². The van der Waals surface area contributed by atoms with Gasteiger partial charge in [0, 0.05) is 5.92 Å². The molecule has 3 rings (SSSR count). The number of anilines is 1. The van der Waals surface area contributed by atoms with Crippen molar-refractivity contribution in [3.63, 3.8) is 0 Å². The van der Waals surface area contributed by atoms with Gasteiger partial charge < -0.3 is 29.0 Å². The maximum atomic E-state index is 12.9. The predicted octanol–water partition coefficient (Wildman–Crippen LogP) is 3.64. The molecular formula is C28H40N4O9. The lowest BCUT2D eigenvalue weighted by Gasteiger charge is -2.31. The van der Waals surface area contributed by atoms with Crippen LogP contribution in [0.5, 0.6) is 0 Å². The fourth-order valence-electron chi connectivity index (χ4n) is 4.18. The highest BCUT2D eigenvalue weighted by molar-refractivity contribution is 5.94. The van der Waals surface area contributed by atoms with E-state index in [1.807, 2.05) is 0 Å². The predicted molar refractivity (Wildman–Crippen MR) is 146 cm³/mol. The Hall–Kier alpha value is -3.74. The van der Waals surface area contributed by atoms with Crippen molar-refractivity contribution in [2.45, 2.75) is 92.3 Å². The van der Waals surface area contributed by atoms with E-state index in [0.717, 1.165) is 0 Å². The highest BCUT2D eigenvalue weighted by Gasteiger charge is 2.59. The fourth-order valence-corrected chi connectivity index (χ4v) is 4.18. The maximum absolute atomic E-state index is 12.9. The molecule has 1 aliphatic rings. The molecule has 1 N–H and O–H groups in total. The third kappa shape index (κ3) is 7.13. The Kier molecular flexibility index (Phi) is 9.95. The quantitative estimate of drug-likeness (QED) is 0.325. The van der Waals surface area contributed by atoms with Crippen LogP contribution in [0.15, 0.2) is 18.5 Å². The molecule has 226 valence electrons. The van der Waals surface area contributed by atoms with Gasteiger partial charge in [-0.1, -0.05) is 41.5 Å². The lowest BCUT2D eigenvalue weighted by Crippen LogP contribution is -2.46. The Morgan fingerprint density at radius 2 is 1.61 bits per heavy atom. The largest absolute Gasteiger partial charge is 0.508 e. The lowest BCUT2D eigenvalue weighted by atomic mass is 9.92. The number of ether oxygens (including phenoxy) is 5. The number of aromatic nitrogens is 3. The summed E-state index contributed by atoms with van der Waals surface area (Å²) in [6.45, 7) is 14.9. The number of nitrogens with zero attached hydrogens (tertiary/aromatic N) is 3. The third-order valence-electron chi connectivity index (χ3n) is 6.47. The van der Waals surface area contributed by atoms with Gasteiger partial charge in [0.2, 0.25) is 5.91 Å². The first-order valence-electron chi connectivity index (χ1n) is 13.7. The molecule has 4 atom stereocenters. The molecule has 1 aliphatic heterocycles. The standard InChI is InChI=1S/C28H40N4O9/c1-14(2)24(33)31-23-18-10-11-20(32(18)30-13-29-23)28(9)22(40-26(35)16(5)6)21(39-25(34)15(3)4)19(41-28)12-37-27(36)38-17(7)8/h10-11,13-17,19,21-22H,12H2,1-9H3,(H,29,30,31,33)/t19-,21-,22-,28+/m1/s1. The van der Waals surface area contributed by atoms with Gasteiger partial charge >= 0.3 is 18.1 Å². The molecule has 0 aliphatic carbocycles. The van der Waals surface area contributed by atoms with Crippen LogP contribution in [-0.2, 0) is 43.7 Å². The van der Waals surface area contributed by atoms with E-state index in [4.69, 9.17) is 23.7 Å². The number of carbonyl (C=O) groups is 4. The molecule has 13 heteroatoms. The Balaban J connectivity index is 2.10. The van der Waals surface area contributed by atoms with Crippen LogP contribution in [0.2, 0.25) is 0 Å². The molecule has 0 aromatic carbocycles. The van der Waals surface area contributed by atoms with Crippen molar-refractivity contribution in [1.82, 2.24) is 14.6 Å². The van der Waals surface area contributed by atoms with Crippen LogP contribution in [-0.4, -0.2) is 69.6 Å². The third-order valence-corrected chi connectivity index (χ3v) is 6.47. The molecule has 2 aromatic rings. The molecule has 41 heavy (non-hydrogen) atoms. The van der Waals surface area contributed by atoms with E-state index in [1.165, 1.54) is 10.8 Å². The SMILES string of the molecule is CC(C)OC(=O)OC[C@H]1O[C@@](C)(c2ccc3c(NC(=O)C(C)C)ncnn23)[C@H](OC(=O)C(C)C)[C@@H]1OC(=O)C(C)C. The summed E-state index contributed by atoms with van der Waals surface area (Å²) < 4.78 is 30.1. The van der Waals surface area contributed by atoms with Gasteiger partial charge in [0.15, 0.2) is 18.0 Å². The minimum absolute atomic E-state index is 0.230. The summed E-state index contributed by atoms with van der Waals surface area (Å²) in [6.07, 6.45) is -3.39. The number of esters is 2. The van der Waals surface area contributed by atoms with Gasteiger partial charge in [0.05, 0.1) is 23.6 Å². The summed E-state index contributed by atoms with van der Waals surface area (Å²) in [5.41, 5.74) is -0.553. The molecule has 13 nitrogen and oxygen atoms in total. The van der Waals surface area contributed by atoms with Gasteiger partial charge in [-0.15, -0.1) is 0 Å². The summed E-state index contributed by atoms with van der Waals surface area (Å²) in [6, 6.07) is 3.39. The van der Waals surface area contributed by atoms with Crippen LogP contribution in [0, 0.1) is 17.8 Å². The van der Waals surface area contributed by atoms with Crippen LogP contribution in [0.1, 0.15) is 68.0 Å². The zero-order valence-corrected chi connectivity index (χ0v) is 25.0. The van der Waals surface area contributed by atoms with E-state index >= 15 is 0 Å². The summed E-state index contributed by atoms with van der Waals surface area (Å²) in [4.78, 5) is 54.5. The van der Waals surface area contributed by atoms with Crippen LogP contribution in [0.3, 0.4) is 0 Å². The first-order chi connectivity index (χ1) is 19.1. The molecule has 1 saturated heterocycles. The minimum Gasteiger partial charge on any atom is -0.455 e. The minimum atomic E-state index is -1.44. The normalized spacial score (nSPS) is 22.4. The topological polar surface area (TPSA) is 157 Å². The van der Waals surface area contributed by atoms with Crippen LogP contribution in [0.25, 0.3) is 5.52 Å². The van der Waals surface area contributed by atoms with Gasteiger partial charge in [-0.3, -0.25) is 14.4 Å². The van der Waals surface area contributed by atoms with Gasteiger partial charge in [0.1, 0.15) is 30.2 Å². The molecule has 0 radical (unpaired) electrons. The van der Waals surface area contributed by atoms with E-state index in [-0.39, 0.29) is 24.2 Å². The summed E-state index contributed by atoms with van der Waals surface area (Å²) in [7, 11) is 0. The number of amides is 1. The maximum Gasteiger partial charge on any atom is 0.508 e. The van der Waals surface area contributed by atoms with Crippen molar-refractivity contribution in [3.8, 4) is 0 Å². The Morgan fingerprint density at radius 3 is 2.20 bits per heavy atom. The highest BCUT2D eigenvalue weighted by Crippen LogP contribution is 2.44. The molecule has 0 spiro atoms. The number of fused-ring (bicyclic) bond motifs is 1. The van der Waals surface area contributed by atoms with Gasteiger partial charge in [-0.25, -0.2) is 14.3 Å². The first-order valence-corrected chi connectivity index (χ1v) is 13.7. The zero-order chi connectivity index (χ0) is 30.6. The second-order valence-electron chi connectivity index (χ2n) is 11.3. The van der Waals surface area contributed by atoms with E-state index in [0.29, 0.717) is 11.2 Å². The molecule has 0 bridgehead atoms. The van der Waals surface area contributed by atoms with Crippen molar-refractivity contribution in [2.75, 3.05) is 11.9 Å². The number of hydrogen-bond acceptors (Lipinski definition) is 11. The fraction of sp³-hybridized carbons (Fsp3) is 0.643. The summed E-state index contributed by atoms with van der Waals surface area (Å²) in [5.74, 6) is -2.32. The molecule has 1 fully saturated rings. The lowest BCUT2D eigenvalue weighted by molar-refractivity contribution is -0.175. The number of hydrogen-bond donors (Lipinski definition) is 1. The molecule has 0 saturated carbocycles. The molecular weight excluding hydrogens is 536 g/mol. The first kappa shape index (κ1) is 31.8. The number of rotatable bonds is 10. The smallest absolute Gasteiger partial charge is 0.455 e. The van der Waals surface area contributed by atoms with Crippen LogP contribution in [0.4, 0.5) is 10.6 Å². The zero-order valence-electron chi connectivity index (χ0n) is 25.0. The van der Waals surface area contributed by atoms with Crippen molar-refractivity contribution in [1.29, 1.82) is 0 Å². The molecule has 2 aromatic heterocycles. The van der Waals surface area contributed by atoms with Crippen LogP contribution >= 0.6 is 0 Å². The monoisotopic (exact) mass is 576 g/mol. The van der Waals surface area contributed by atoms with Crippen molar-refractivity contribution < 1.29 is 42.9 Å². The van der Waals surface area contributed by atoms with Gasteiger partial charge in [0.25, 0.3) is 0 Å². The summed E-state index contributed by atoms with van der Waals surface area (Å²) >= 11 is 0. The number of nitrogens with one attached hydrogen (secondary N) is 1. The van der Waals surface area contributed by atoms with Gasteiger partial charge in [-0.2, -0.15) is 5.10 Å². The van der Waals surface area contributed by atoms with Gasteiger partial charge in [-0.05, 0) is 32.9 Å². The average Bonchev–Trinajstić information content (AvgIpc) is 3.43. The van der Waals surface area contributed by atoms with E-state index in [9.17, 15) is 19.2 Å². The Bertz CT molecular complexity index is 1270. The molecule has 1 amide bonds. The Morgan fingerprint density at radius 1 is 0.976 bits per heavy atom. The second kappa shape index (κ2) is 12.8. The highest BCUT2D eigenvalue weighted by atomic mass is 16.7. The summed E-state index contributed by atoms with van der Waals surface area (Å²) in [5, 5.41) is 7.14. The van der Waals surface area contributed by atoms with E-state index < -0.39 is 59.9 Å². The molecule has 3 heterocycles. The van der Waals surface area contributed by atoms with Crippen molar-refractivity contribution in [3.05, 3.63) is 24.2 Å². The average molecular weight is 577 g/mol.